The van der Waals surface area contributed by atoms with Crippen LogP contribution in [-0.2, 0) is 4.74 Å². The molecule has 0 aliphatic rings. The summed E-state index contributed by atoms with van der Waals surface area (Å²) in [6.45, 7) is 5.12. The molecule has 130 valence electrons. The Bertz CT molecular complexity index is 926. The van der Waals surface area contributed by atoms with Crippen molar-refractivity contribution in [2.75, 3.05) is 6.26 Å². The van der Waals surface area contributed by atoms with Gasteiger partial charge >= 0.3 is 5.97 Å². The standard InChI is InChI=1S/C17H16FN3O3S/c1-17(2,3)24-15(23)9-5-6-10(12(18)7-9)13-11(8-19)14(22)21-16(20-13)25-4/h5-7H,1-4H3,(H,20,21,22). The predicted molar refractivity (Wildman–Crippen MR) is 91.9 cm³/mol. The summed E-state index contributed by atoms with van der Waals surface area (Å²) in [5.41, 5.74) is -1.71. The fourth-order valence-corrected chi connectivity index (χ4v) is 2.40. The predicted octanol–water partition coefficient (Wildman–Crippen LogP) is 3.12. The number of thioether (sulfide) groups is 1. The van der Waals surface area contributed by atoms with Gasteiger partial charge in [0.15, 0.2) is 5.16 Å². The first-order valence-corrected chi connectivity index (χ1v) is 8.50. The third kappa shape index (κ3) is 4.25. The maximum atomic E-state index is 14.5. The Morgan fingerprint density at radius 3 is 2.60 bits per heavy atom. The van der Waals surface area contributed by atoms with Crippen molar-refractivity contribution in [3.8, 4) is 17.3 Å². The van der Waals surface area contributed by atoms with Crippen LogP contribution >= 0.6 is 11.8 Å². The van der Waals surface area contributed by atoms with Gasteiger partial charge in [-0.25, -0.2) is 14.2 Å². The number of nitriles is 1. The van der Waals surface area contributed by atoms with E-state index in [0.29, 0.717) is 0 Å². The molecule has 0 spiro atoms. The second-order valence-corrected chi connectivity index (χ2v) is 6.90. The van der Waals surface area contributed by atoms with Crippen LogP contribution in [0.4, 0.5) is 4.39 Å². The Morgan fingerprint density at radius 1 is 1.40 bits per heavy atom. The molecule has 0 saturated carbocycles. The van der Waals surface area contributed by atoms with Crippen molar-refractivity contribution in [1.82, 2.24) is 9.97 Å². The third-order valence-corrected chi connectivity index (χ3v) is 3.64. The summed E-state index contributed by atoms with van der Waals surface area (Å²) in [6, 6.07) is 5.42. The number of halogens is 1. The Kier molecular flexibility index (Phi) is 5.28. The quantitative estimate of drug-likeness (QED) is 0.513. The summed E-state index contributed by atoms with van der Waals surface area (Å²) in [5.74, 6) is -1.44. The molecule has 2 rings (SSSR count). The summed E-state index contributed by atoms with van der Waals surface area (Å²) in [5, 5.41) is 9.43. The van der Waals surface area contributed by atoms with E-state index in [1.54, 1.807) is 33.1 Å². The number of esters is 1. The number of aromatic nitrogens is 2. The van der Waals surface area contributed by atoms with Gasteiger partial charge in [-0.1, -0.05) is 11.8 Å². The monoisotopic (exact) mass is 361 g/mol. The van der Waals surface area contributed by atoms with Crippen LogP contribution in [0, 0.1) is 17.1 Å². The molecular weight excluding hydrogens is 345 g/mol. The van der Waals surface area contributed by atoms with E-state index in [-0.39, 0.29) is 27.5 Å². The summed E-state index contributed by atoms with van der Waals surface area (Å²) in [4.78, 5) is 30.5. The van der Waals surface area contributed by atoms with Crippen LogP contribution < -0.4 is 5.56 Å². The molecule has 0 aliphatic heterocycles. The molecule has 0 atom stereocenters. The number of H-pyrrole nitrogens is 1. The maximum Gasteiger partial charge on any atom is 0.338 e. The van der Waals surface area contributed by atoms with Gasteiger partial charge in [-0.3, -0.25) is 4.79 Å². The Balaban J connectivity index is 2.53. The van der Waals surface area contributed by atoms with E-state index in [0.717, 1.165) is 17.8 Å². The summed E-state index contributed by atoms with van der Waals surface area (Å²) < 4.78 is 19.7. The summed E-state index contributed by atoms with van der Waals surface area (Å²) in [6.07, 6.45) is 1.69. The van der Waals surface area contributed by atoms with E-state index < -0.39 is 22.9 Å². The molecule has 2 aromatic rings. The average Bonchev–Trinajstić information content (AvgIpc) is 2.52. The van der Waals surface area contributed by atoms with E-state index in [2.05, 4.69) is 9.97 Å². The average molecular weight is 361 g/mol. The molecule has 0 bridgehead atoms. The molecule has 8 heteroatoms. The summed E-state index contributed by atoms with van der Waals surface area (Å²) >= 11 is 1.16. The number of ether oxygens (including phenoxy) is 1. The molecule has 0 fully saturated rings. The van der Waals surface area contributed by atoms with Crippen molar-refractivity contribution >= 4 is 17.7 Å². The molecule has 0 amide bonds. The van der Waals surface area contributed by atoms with Crippen molar-refractivity contribution in [3.05, 3.63) is 45.5 Å². The van der Waals surface area contributed by atoms with Crippen LogP contribution in [0.1, 0.15) is 36.7 Å². The zero-order valence-electron chi connectivity index (χ0n) is 14.1. The van der Waals surface area contributed by atoms with E-state index >= 15 is 0 Å². The molecule has 1 aromatic heterocycles. The van der Waals surface area contributed by atoms with Crippen LogP contribution in [0.3, 0.4) is 0 Å². The second kappa shape index (κ2) is 7.07. The van der Waals surface area contributed by atoms with Crippen molar-refractivity contribution in [2.24, 2.45) is 0 Å². The number of rotatable bonds is 3. The van der Waals surface area contributed by atoms with Crippen LogP contribution in [0.15, 0.2) is 28.2 Å². The minimum atomic E-state index is -0.773. The molecule has 6 nitrogen and oxygen atoms in total. The minimum Gasteiger partial charge on any atom is -0.456 e. The normalized spacial score (nSPS) is 11.0. The van der Waals surface area contributed by atoms with Gasteiger partial charge in [0.05, 0.1) is 11.3 Å². The molecule has 1 N–H and O–H groups in total. The molecule has 0 unspecified atom stereocenters. The van der Waals surface area contributed by atoms with E-state index in [4.69, 9.17) is 4.74 Å². The van der Waals surface area contributed by atoms with Crippen LogP contribution in [-0.4, -0.2) is 27.8 Å². The molecule has 1 aromatic carbocycles. The van der Waals surface area contributed by atoms with Gasteiger partial charge < -0.3 is 9.72 Å². The zero-order chi connectivity index (χ0) is 18.8. The highest BCUT2D eigenvalue weighted by atomic mass is 32.2. The Labute approximate surface area is 148 Å². The SMILES string of the molecule is CSc1nc(-c2ccc(C(=O)OC(C)(C)C)cc2F)c(C#N)c(=O)[nH]1. The largest absolute Gasteiger partial charge is 0.456 e. The number of aromatic amines is 1. The highest BCUT2D eigenvalue weighted by molar-refractivity contribution is 7.98. The Morgan fingerprint density at radius 2 is 2.08 bits per heavy atom. The third-order valence-electron chi connectivity index (χ3n) is 3.06. The molecular formula is C17H16FN3O3S. The lowest BCUT2D eigenvalue weighted by Gasteiger charge is -2.19. The van der Waals surface area contributed by atoms with Crippen molar-refractivity contribution in [3.63, 3.8) is 0 Å². The number of nitrogens with one attached hydrogen (secondary N) is 1. The highest BCUT2D eigenvalue weighted by Crippen LogP contribution is 2.25. The Hall–Kier alpha value is -2.66. The lowest BCUT2D eigenvalue weighted by Crippen LogP contribution is -2.24. The minimum absolute atomic E-state index is 0.0320. The molecule has 0 radical (unpaired) electrons. The van der Waals surface area contributed by atoms with Gasteiger partial charge in [-0.2, -0.15) is 5.26 Å². The van der Waals surface area contributed by atoms with Gasteiger partial charge in [-0.15, -0.1) is 0 Å². The fourth-order valence-electron chi connectivity index (χ4n) is 2.02. The molecule has 25 heavy (non-hydrogen) atoms. The van der Waals surface area contributed by atoms with E-state index in [1.165, 1.54) is 12.1 Å². The van der Waals surface area contributed by atoms with Crippen LogP contribution in [0.5, 0.6) is 0 Å². The number of carbonyl (C=O) groups excluding carboxylic acids is 1. The first-order valence-electron chi connectivity index (χ1n) is 7.28. The topological polar surface area (TPSA) is 95.8 Å². The lowest BCUT2D eigenvalue weighted by molar-refractivity contribution is 0.00690. The van der Waals surface area contributed by atoms with Crippen molar-refractivity contribution < 1.29 is 13.9 Å². The van der Waals surface area contributed by atoms with Crippen molar-refractivity contribution in [2.45, 2.75) is 31.5 Å². The molecule has 0 aliphatic carbocycles. The smallest absolute Gasteiger partial charge is 0.338 e. The van der Waals surface area contributed by atoms with E-state index in [1.807, 2.05) is 0 Å². The van der Waals surface area contributed by atoms with Crippen LogP contribution in [0.2, 0.25) is 0 Å². The van der Waals surface area contributed by atoms with Crippen molar-refractivity contribution in [1.29, 1.82) is 5.26 Å². The molecule has 1 heterocycles. The van der Waals surface area contributed by atoms with E-state index in [9.17, 15) is 19.2 Å². The van der Waals surface area contributed by atoms with Crippen LogP contribution in [0.25, 0.3) is 11.3 Å². The van der Waals surface area contributed by atoms with Gasteiger partial charge in [-0.05, 0) is 45.2 Å². The summed E-state index contributed by atoms with van der Waals surface area (Å²) in [7, 11) is 0. The number of hydrogen-bond donors (Lipinski definition) is 1. The number of hydrogen-bond acceptors (Lipinski definition) is 6. The zero-order valence-corrected chi connectivity index (χ0v) is 15.0. The van der Waals surface area contributed by atoms with Gasteiger partial charge in [0.1, 0.15) is 23.1 Å². The highest BCUT2D eigenvalue weighted by Gasteiger charge is 2.21. The fraction of sp³-hybridized carbons (Fsp3) is 0.294. The molecule has 0 saturated heterocycles. The second-order valence-electron chi connectivity index (χ2n) is 6.11. The first-order chi connectivity index (χ1) is 11.7. The van der Waals surface area contributed by atoms with Gasteiger partial charge in [0.25, 0.3) is 5.56 Å². The number of carbonyl (C=O) groups is 1. The van der Waals surface area contributed by atoms with Gasteiger partial charge in [0.2, 0.25) is 0 Å². The van der Waals surface area contributed by atoms with Gasteiger partial charge in [0, 0.05) is 5.56 Å². The maximum absolute atomic E-state index is 14.5. The number of benzene rings is 1. The lowest BCUT2D eigenvalue weighted by atomic mass is 10.0. The first kappa shape index (κ1) is 18.7. The number of nitrogens with zero attached hydrogens (tertiary/aromatic N) is 2.